The van der Waals surface area contributed by atoms with E-state index in [0.717, 1.165) is 25.1 Å². The first-order valence-corrected chi connectivity index (χ1v) is 6.64. The number of ether oxygens (including phenoxy) is 1. The summed E-state index contributed by atoms with van der Waals surface area (Å²) < 4.78 is 5.18. The zero-order chi connectivity index (χ0) is 14.1. The third-order valence-electron chi connectivity index (χ3n) is 3.68. The van der Waals surface area contributed by atoms with Crippen LogP contribution in [0.15, 0.2) is 24.3 Å². The molecule has 1 aliphatic rings. The highest BCUT2D eigenvalue weighted by atomic mass is 16.5. The minimum absolute atomic E-state index is 0.142. The molecule has 0 spiro atoms. The minimum Gasteiger partial charge on any atom is -0.497 e. The number of hydrogen-bond donors (Lipinski definition) is 2. The third kappa shape index (κ3) is 2.20. The fourth-order valence-electron chi connectivity index (χ4n) is 2.65. The fourth-order valence-corrected chi connectivity index (χ4v) is 2.65. The Morgan fingerprint density at radius 2 is 2.30 bits per heavy atom. The summed E-state index contributed by atoms with van der Waals surface area (Å²) in [6, 6.07) is 7.10. The lowest BCUT2D eigenvalue weighted by molar-refractivity contribution is 0.0699. The van der Waals surface area contributed by atoms with Crippen molar-refractivity contribution in [2.24, 2.45) is 0 Å². The summed E-state index contributed by atoms with van der Waals surface area (Å²) >= 11 is 0. The maximum absolute atomic E-state index is 11.5. The molecule has 1 unspecified atom stereocenters. The fraction of sp³-hybridized carbons (Fsp3) is 0.333. The quantitative estimate of drug-likeness (QED) is 0.897. The number of fused-ring (bicyclic) bond motifs is 1. The van der Waals surface area contributed by atoms with E-state index < -0.39 is 5.97 Å². The van der Waals surface area contributed by atoms with Gasteiger partial charge in [0.15, 0.2) is 0 Å². The van der Waals surface area contributed by atoms with Gasteiger partial charge in [0, 0.05) is 17.5 Å². The van der Waals surface area contributed by atoms with E-state index in [1.54, 1.807) is 31.4 Å². The molecule has 104 valence electrons. The maximum Gasteiger partial charge on any atom is 0.336 e. The zero-order valence-corrected chi connectivity index (χ0v) is 11.2. The van der Waals surface area contributed by atoms with E-state index in [0.29, 0.717) is 22.2 Å². The first-order valence-electron chi connectivity index (χ1n) is 6.64. The number of pyridine rings is 1. The summed E-state index contributed by atoms with van der Waals surface area (Å²) in [5.41, 5.74) is 1.75. The van der Waals surface area contributed by atoms with Crippen LogP contribution in [0.5, 0.6) is 5.75 Å². The molecule has 3 rings (SSSR count). The molecule has 2 N–H and O–H groups in total. The monoisotopic (exact) mass is 272 g/mol. The third-order valence-corrected chi connectivity index (χ3v) is 3.68. The van der Waals surface area contributed by atoms with Gasteiger partial charge in [0.2, 0.25) is 0 Å². The Hall–Kier alpha value is -2.14. The molecule has 0 aliphatic carbocycles. The molecule has 1 aromatic heterocycles. The summed E-state index contributed by atoms with van der Waals surface area (Å²) in [6.45, 7) is 0.949. The second-order valence-electron chi connectivity index (χ2n) is 4.93. The molecule has 0 radical (unpaired) electrons. The average molecular weight is 272 g/mol. The Labute approximate surface area is 116 Å². The van der Waals surface area contributed by atoms with E-state index in [1.807, 2.05) is 0 Å². The van der Waals surface area contributed by atoms with Gasteiger partial charge in [-0.15, -0.1) is 0 Å². The van der Waals surface area contributed by atoms with Crippen LogP contribution in [0.2, 0.25) is 0 Å². The number of nitrogens with one attached hydrogen (secondary N) is 1. The number of nitrogens with zero attached hydrogens (tertiary/aromatic N) is 1. The van der Waals surface area contributed by atoms with Gasteiger partial charge < -0.3 is 15.2 Å². The van der Waals surface area contributed by atoms with E-state index in [2.05, 4.69) is 10.3 Å². The number of aromatic carboxylic acids is 1. The summed E-state index contributed by atoms with van der Waals surface area (Å²) in [7, 11) is 1.58. The number of methoxy groups -OCH3 is 1. The number of benzene rings is 1. The molecule has 0 amide bonds. The van der Waals surface area contributed by atoms with E-state index in [1.165, 1.54) is 0 Å². The van der Waals surface area contributed by atoms with Crippen LogP contribution >= 0.6 is 0 Å². The number of carboxylic acid groups (broad SMARTS) is 1. The summed E-state index contributed by atoms with van der Waals surface area (Å²) in [6.07, 6.45) is 2.08. The average Bonchev–Trinajstić information content (AvgIpc) is 2.99. The SMILES string of the molecule is COc1ccc2c(C(=O)O)cc(C3CCCN3)nc2c1. The lowest BCUT2D eigenvalue weighted by atomic mass is 10.0. The normalized spacial score (nSPS) is 18.4. The van der Waals surface area contributed by atoms with Gasteiger partial charge in [-0.05, 0) is 37.6 Å². The molecule has 0 saturated carbocycles. The standard InChI is InChI=1S/C15H16N2O3/c1-20-9-4-5-10-11(15(18)19)8-14(17-13(10)7-9)12-3-2-6-16-12/h4-5,7-8,12,16H,2-3,6H2,1H3,(H,18,19). The predicted octanol–water partition coefficient (Wildman–Crippen LogP) is 2.37. The molecular formula is C15H16N2O3. The molecule has 1 saturated heterocycles. The van der Waals surface area contributed by atoms with E-state index in [9.17, 15) is 9.90 Å². The van der Waals surface area contributed by atoms with Crippen LogP contribution in [-0.2, 0) is 0 Å². The highest BCUT2D eigenvalue weighted by Gasteiger charge is 2.21. The first-order chi connectivity index (χ1) is 9.69. The van der Waals surface area contributed by atoms with Crippen LogP contribution < -0.4 is 10.1 Å². The predicted molar refractivity (Wildman–Crippen MR) is 75.2 cm³/mol. The minimum atomic E-state index is -0.929. The molecule has 20 heavy (non-hydrogen) atoms. The number of carbonyl (C=O) groups is 1. The summed E-state index contributed by atoms with van der Waals surface area (Å²) in [4.78, 5) is 16.1. The van der Waals surface area contributed by atoms with Crippen molar-refractivity contribution in [3.05, 3.63) is 35.5 Å². The Morgan fingerprint density at radius 3 is 2.95 bits per heavy atom. The topological polar surface area (TPSA) is 71.5 Å². The molecule has 0 bridgehead atoms. The molecule has 1 atom stereocenters. The Morgan fingerprint density at radius 1 is 1.45 bits per heavy atom. The van der Waals surface area contributed by atoms with Crippen molar-refractivity contribution in [1.82, 2.24) is 10.3 Å². The van der Waals surface area contributed by atoms with Gasteiger partial charge >= 0.3 is 5.97 Å². The van der Waals surface area contributed by atoms with Crippen LogP contribution in [0.3, 0.4) is 0 Å². The van der Waals surface area contributed by atoms with Crippen LogP contribution in [0.25, 0.3) is 10.9 Å². The zero-order valence-electron chi connectivity index (χ0n) is 11.2. The van der Waals surface area contributed by atoms with Crippen LogP contribution in [0.1, 0.15) is 34.9 Å². The van der Waals surface area contributed by atoms with Crippen molar-refractivity contribution in [3.63, 3.8) is 0 Å². The Kier molecular flexibility index (Phi) is 3.28. The molecular weight excluding hydrogens is 256 g/mol. The summed E-state index contributed by atoms with van der Waals surface area (Å²) in [5, 5.41) is 13.4. The molecule has 5 nitrogen and oxygen atoms in total. The molecule has 5 heteroatoms. The van der Waals surface area contributed by atoms with Crippen LogP contribution in [0, 0.1) is 0 Å². The van der Waals surface area contributed by atoms with E-state index in [-0.39, 0.29) is 6.04 Å². The smallest absolute Gasteiger partial charge is 0.336 e. The van der Waals surface area contributed by atoms with Gasteiger partial charge in [-0.1, -0.05) is 0 Å². The molecule has 2 heterocycles. The van der Waals surface area contributed by atoms with Gasteiger partial charge in [0.25, 0.3) is 0 Å². The number of hydrogen-bond acceptors (Lipinski definition) is 4. The van der Waals surface area contributed by atoms with Crippen molar-refractivity contribution >= 4 is 16.9 Å². The van der Waals surface area contributed by atoms with Gasteiger partial charge in [-0.3, -0.25) is 4.98 Å². The summed E-state index contributed by atoms with van der Waals surface area (Å²) in [5.74, 6) is -0.250. The van der Waals surface area contributed by atoms with Gasteiger partial charge in [0.1, 0.15) is 5.75 Å². The number of aromatic nitrogens is 1. The van der Waals surface area contributed by atoms with Crippen LogP contribution in [0.4, 0.5) is 0 Å². The molecule has 1 aromatic carbocycles. The second kappa shape index (κ2) is 5.09. The largest absolute Gasteiger partial charge is 0.497 e. The molecule has 1 aliphatic heterocycles. The van der Waals surface area contributed by atoms with Crippen molar-refractivity contribution in [2.45, 2.75) is 18.9 Å². The second-order valence-corrected chi connectivity index (χ2v) is 4.93. The highest BCUT2D eigenvalue weighted by molar-refractivity contribution is 6.02. The van der Waals surface area contributed by atoms with E-state index in [4.69, 9.17) is 4.74 Å². The first kappa shape index (κ1) is 12.9. The Bertz CT molecular complexity index is 663. The lowest BCUT2D eigenvalue weighted by Crippen LogP contribution is -2.15. The number of rotatable bonds is 3. The van der Waals surface area contributed by atoms with Crippen molar-refractivity contribution in [1.29, 1.82) is 0 Å². The highest BCUT2D eigenvalue weighted by Crippen LogP contribution is 2.28. The van der Waals surface area contributed by atoms with Crippen molar-refractivity contribution < 1.29 is 14.6 Å². The van der Waals surface area contributed by atoms with Gasteiger partial charge in [-0.25, -0.2) is 4.79 Å². The molecule has 2 aromatic rings. The lowest BCUT2D eigenvalue weighted by Gasteiger charge is -2.13. The van der Waals surface area contributed by atoms with Crippen molar-refractivity contribution in [3.8, 4) is 5.75 Å². The maximum atomic E-state index is 11.5. The van der Waals surface area contributed by atoms with Crippen molar-refractivity contribution in [2.75, 3.05) is 13.7 Å². The van der Waals surface area contributed by atoms with Crippen LogP contribution in [-0.4, -0.2) is 29.7 Å². The Balaban J connectivity index is 2.19. The molecule has 1 fully saturated rings. The van der Waals surface area contributed by atoms with Gasteiger partial charge in [0.05, 0.1) is 23.9 Å². The van der Waals surface area contributed by atoms with E-state index >= 15 is 0 Å². The number of carboxylic acids is 1. The van der Waals surface area contributed by atoms with Gasteiger partial charge in [-0.2, -0.15) is 0 Å².